The number of hydrogen-bond donors (Lipinski definition) is 2. The van der Waals surface area contributed by atoms with Crippen LogP contribution in [-0.4, -0.2) is 11.9 Å². The lowest BCUT2D eigenvalue weighted by atomic mass is 9.99. The number of halogens is 1. The summed E-state index contributed by atoms with van der Waals surface area (Å²) in [5.41, 5.74) is 2.40. The van der Waals surface area contributed by atoms with E-state index in [1.165, 1.54) is 12.8 Å². The molecule has 3 nitrogen and oxygen atoms in total. The molecule has 1 aromatic carbocycles. The van der Waals surface area contributed by atoms with Crippen LogP contribution in [-0.2, 0) is 11.2 Å². The third kappa shape index (κ3) is 2.31. The molecule has 19 heavy (non-hydrogen) atoms. The highest BCUT2D eigenvalue weighted by Gasteiger charge is 2.42. The summed E-state index contributed by atoms with van der Waals surface area (Å²) in [5, 5.41) is 6.06. The zero-order chi connectivity index (χ0) is 13.6. The van der Waals surface area contributed by atoms with Gasteiger partial charge in [-0.2, -0.15) is 0 Å². The summed E-state index contributed by atoms with van der Waals surface area (Å²) in [4.78, 5) is 11.4. The van der Waals surface area contributed by atoms with Crippen molar-refractivity contribution in [1.82, 2.24) is 0 Å². The Hall–Kier alpha value is -1.58. The number of benzene rings is 1. The fourth-order valence-corrected chi connectivity index (χ4v) is 2.55. The van der Waals surface area contributed by atoms with Gasteiger partial charge in [-0.1, -0.05) is 6.92 Å². The van der Waals surface area contributed by atoms with Gasteiger partial charge in [0.2, 0.25) is 5.91 Å². The highest BCUT2D eigenvalue weighted by atomic mass is 19.1. The predicted octanol–water partition coefficient (Wildman–Crippen LogP) is 3.31. The van der Waals surface area contributed by atoms with Crippen molar-refractivity contribution < 1.29 is 9.18 Å². The Balaban J connectivity index is 1.85. The number of hydrogen-bond acceptors (Lipinski definition) is 2. The van der Waals surface area contributed by atoms with Gasteiger partial charge in [-0.05, 0) is 49.3 Å². The minimum absolute atomic E-state index is 0.00672. The van der Waals surface area contributed by atoms with E-state index in [0.717, 1.165) is 11.3 Å². The average Bonchev–Trinajstić information content (AvgIpc) is 3.10. The molecule has 0 spiro atoms. The van der Waals surface area contributed by atoms with Crippen molar-refractivity contribution in [3.05, 3.63) is 23.5 Å². The third-order valence-electron chi connectivity index (χ3n) is 4.54. The number of amides is 1. The van der Waals surface area contributed by atoms with Crippen LogP contribution in [0.4, 0.5) is 15.8 Å². The third-order valence-corrected chi connectivity index (χ3v) is 4.54. The van der Waals surface area contributed by atoms with Crippen molar-refractivity contribution in [3.63, 3.8) is 0 Å². The molecule has 3 rings (SSSR count). The van der Waals surface area contributed by atoms with E-state index in [1.807, 2.05) is 0 Å². The fourth-order valence-electron chi connectivity index (χ4n) is 2.55. The van der Waals surface area contributed by atoms with Crippen LogP contribution in [0.2, 0.25) is 0 Å². The van der Waals surface area contributed by atoms with Crippen molar-refractivity contribution in [2.45, 2.75) is 45.6 Å². The van der Waals surface area contributed by atoms with E-state index >= 15 is 0 Å². The molecule has 1 heterocycles. The molecule has 4 heteroatoms. The van der Waals surface area contributed by atoms with Gasteiger partial charge in [0.15, 0.2) is 0 Å². The maximum absolute atomic E-state index is 14.1. The van der Waals surface area contributed by atoms with E-state index in [9.17, 15) is 9.18 Å². The number of carbonyl (C=O) groups is 1. The van der Waals surface area contributed by atoms with Gasteiger partial charge in [-0.3, -0.25) is 4.79 Å². The van der Waals surface area contributed by atoms with Gasteiger partial charge in [0.1, 0.15) is 5.82 Å². The van der Waals surface area contributed by atoms with Gasteiger partial charge in [-0.15, -0.1) is 0 Å². The van der Waals surface area contributed by atoms with Gasteiger partial charge in [0, 0.05) is 18.2 Å². The van der Waals surface area contributed by atoms with Gasteiger partial charge in [0.05, 0.1) is 5.69 Å². The summed E-state index contributed by atoms with van der Waals surface area (Å²) in [6.07, 6.45) is 3.42. The summed E-state index contributed by atoms with van der Waals surface area (Å²) < 4.78 is 14.1. The molecule has 1 atom stereocenters. The van der Waals surface area contributed by atoms with E-state index in [0.29, 0.717) is 18.5 Å². The molecule has 0 saturated heterocycles. The van der Waals surface area contributed by atoms with Crippen LogP contribution in [0.25, 0.3) is 0 Å². The maximum Gasteiger partial charge on any atom is 0.224 e. The normalized spacial score (nSPS) is 21.3. The molecule has 1 fully saturated rings. The van der Waals surface area contributed by atoms with Crippen molar-refractivity contribution in [1.29, 1.82) is 0 Å². The van der Waals surface area contributed by atoms with Crippen LogP contribution in [0.5, 0.6) is 0 Å². The second-order valence-corrected chi connectivity index (χ2v) is 6.06. The molecule has 1 aliphatic heterocycles. The summed E-state index contributed by atoms with van der Waals surface area (Å²) in [6, 6.07) is 3.50. The Morgan fingerprint density at radius 2 is 2.11 bits per heavy atom. The zero-order valence-electron chi connectivity index (χ0n) is 11.3. The molecule has 1 unspecified atom stereocenters. The number of fused-ring (bicyclic) bond motifs is 1. The molecular weight excluding hydrogens is 243 g/mol. The van der Waals surface area contributed by atoms with Crippen molar-refractivity contribution in [2.75, 3.05) is 10.6 Å². The van der Waals surface area contributed by atoms with E-state index in [2.05, 4.69) is 24.5 Å². The number of nitrogens with one attached hydrogen (secondary N) is 2. The molecule has 102 valence electrons. The highest BCUT2D eigenvalue weighted by Crippen LogP contribution is 2.49. The lowest BCUT2D eigenvalue weighted by Crippen LogP contribution is -2.26. The lowest BCUT2D eigenvalue weighted by Gasteiger charge is -2.24. The monoisotopic (exact) mass is 262 g/mol. The summed E-state index contributed by atoms with van der Waals surface area (Å²) in [6.45, 7) is 4.30. The first-order chi connectivity index (χ1) is 8.98. The first-order valence-corrected chi connectivity index (χ1v) is 6.87. The zero-order valence-corrected chi connectivity index (χ0v) is 11.3. The number of carbonyl (C=O) groups excluding carboxylic acids is 1. The molecule has 0 aromatic heterocycles. The number of aryl methyl sites for hydroxylation is 1. The van der Waals surface area contributed by atoms with Crippen LogP contribution in [0.3, 0.4) is 0 Å². The molecule has 2 aliphatic rings. The van der Waals surface area contributed by atoms with Crippen molar-refractivity contribution >= 4 is 17.3 Å². The van der Waals surface area contributed by atoms with E-state index < -0.39 is 0 Å². The van der Waals surface area contributed by atoms with Crippen molar-refractivity contribution in [3.8, 4) is 0 Å². The van der Waals surface area contributed by atoms with Gasteiger partial charge < -0.3 is 10.6 Å². The molecular formula is C15H19FN2O. The van der Waals surface area contributed by atoms with Crippen molar-refractivity contribution in [2.24, 2.45) is 5.41 Å². The van der Waals surface area contributed by atoms with Crippen LogP contribution >= 0.6 is 0 Å². The van der Waals surface area contributed by atoms with Gasteiger partial charge in [0.25, 0.3) is 0 Å². The molecule has 0 bridgehead atoms. The number of rotatable bonds is 3. The molecule has 1 amide bonds. The minimum Gasteiger partial charge on any atom is -0.380 e. The van der Waals surface area contributed by atoms with E-state index in [4.69, 9.17) is 0 Å². The first-order valence-electron chi connectivity index (χ1n) is 6.87. The largest absolute Gasteiger partial charge is 0.380 e. The SMILES string of the molecule is CC(Nc1cc2c(cc1F)CCC(=O)N2)C1(C)CC1. The Bertz CT molecular complexity index is 537. The van der Waals surface area contributed by atoms with Gasteiger partial charge in [-0.25, -0.2) is 4.39 Å². The van der Waals surface area contributed by atoms with E-state index in [1.54, 1.807) is 12.1 Å². The molecule has 1 aromatic rings. The average molecular weight is 262 g/mol. The lowest BCUT2D eigenvalue weighted by molar-refractivity contribution is -0.116. The van der Waals surface area contributed by atoms with Crippen LogP contribution in [0.1, 0.15) is 38.7 Å². The molecule has 1 saturated carbocycles. The maximum atomic E-state index is 14.1. The smallest absolute Gasteiger partial charge is 0.224 e. The topological polar surface area (TPSA) is 41.1 Å². The number of anilines is 2. The molecule has 0 radical (unpaired) electrons. The Kier molecular flexibility index (Phi) is 2.77. The fraction of sp³-hybridized carbons (Fsp3) is 0.533. The standard InChI is InChI=1S/C15H19FN2O/c1-9(15(2)5-6-15)17-13-8-12-10(7-11(13)16)3-4-14(19)18-12/h7-9,17H,3-6H2,1-2H3,(H,18,19). The van der Waals surface area contributed by atoms with E-state index in [-0.39, 0.29) is 23.2 Å². The first kappa shape index (κ1) is 12.5. The molecule has 2 N–H and O–H groups in total. The summed E-state index contributed by atoms with van der Waals surface area (Å²) in [5.74, 6) is -0.224. The Labute approximate surface area is 112 Å². The van der Waals surface area contributed by atoms with Crippen LogP contribution in [0, 0.1) is 11.2 Å². The summed E-state index contributed by atoms with van der Waals surface area (Å²) in [7, 11) is 0. The second kappa shape index (κ2) is 4.22. The van der Waals surface area contributed by atoms with Gasteiger partial charge >= 0.3 is 0 Å². The molecule has 1 aliphatic carbocycles. The highest BCUT2D eigenvalue weighted by molar-refractivity contribution is 5.94. The Morgan fingerprint density at radius 3 is 2.79 bits per heavy atom. The van der Waals surface area contributed by atoms with Crippen LogP contribution < -0.4 is 10.6 Å². The quantitative estimate of drug-likeness (QED) is 0.877. The second-order valence-electron chi connectivity index (χ2n) is 6.06. The predicted molar refractivity (Wildman–Crippen MR) is 73.8 cm³/mol. The minimum atomic E-state index is -0.231. The Morgan fingerprint density at radius 1 is 1.37 bits per heavy atom. The summed E-state index contributed by atoms with van der Waals surface area (Å²) >= 11 is 0. The van der Waals surface area contributed by atoms with Crippen LogP contribution in [0.15, 0.2) is 12.1 Å².